The van der Waals surface area contributed by atoms with Crippen molar-refractivity contribution in [2.45, 2.75) is 45.3 Å². The zero-order chi connectivity index (χ0) is 19.4. The van der Waals surface area contributed by atoms with Crippen LogP contribution >= 0.6 is 0 Å². The smallest absolute Gasteiger partial charge is 0.410 e. The summed E-state index contributed by atoms with van der Waals surface area (Å²) in [6.07, 6.45) is 1.48. The van der Waals surface area contributed by atoms with E-state index >= 15 is 0 Å². The first kappa shape index (κ1) is 19.5. The molecule has 1 unspecified atom stereocenters. The molecule has 0 aromatic heterocycles. The minimum Gasteiger partial charge on any atom is -0.444 e. The van der Waals surface area contributed by atoms with Crippen molar-refractivity contribution in [1.29, 1.82) is 0 Å². The number of piperazine rings is 1. The molecule has 2 aliphatic heterocycles. The van der Waals surface area contributed by atoms with Crippen LogP contribution in [-0.2, 0) is 11.2 Å². The largest absolute Gasteiger partial charge is 0.444 e. The Labute approximate surface area is 160 Å². The lowest BCUT2D eigenvalue weighted by atomic mass is 10.1. The second kappa shape index (κ2) is 8.15. The van der Waals surface area contributed by atoms with Crippen LogP contribution in [0.25, 0.3) is 0 Å². The number of amides is 1. The minimum atomic E-state index is -0.477. The summed E-state index contributed by atoms with van der Waals surface area (Å²) in [6.45, 7) is 9.13. The molecule has 0 bridgehead atoms. The van der Waals surface area contributed by atoms with Crippen molar-refractivity contribution in [3.8, 4) is 0 Å². The Morgan fingerprint density at radius 2 is 2.19 bits per heavy atom. The Morgan fingerprint density at radius 1 is 1.37 bits per heavy atom. The van der Waals surface area contributed by atoms with Gasteiger partial charge in [-0.05, 0) is 51.3 Å². The second-order valence-electron chi connectivity index (χ2n) is 8.10. The van der Waals surface area contributed by atoms with Gasteiger partial charge in [0.05, 0.1) is 12.6 Å². The predicted molar refractivity (Wildman–Crippen MR) is 103 cm³/mol. The number of guanidine groups is 1. The van der Waals surface area contributed by atoms with E-state index in [1.165, 1.54) is 6.07 Å². The minimum absolute atomic E-state index is 0.189. The number of hydrogen-bond donors (Lipinski definition) is 1. The zero-order valence-corrected chi connectivity index (χ0v) is 16.4. The number of aliphatic imine (C=N–C) groups is 1. The molecule has 0 aliphatic carbocycles. The fourth-order valence-corrected chi connectivity index (χ4v) is 3.41. The Morgan fingerprint density at radius 3 is 2.93 bits per heavy atom. The number of halogens is 1. The Hall–Kier alpha value is -2.31. The van der Waals surface area contributed by atoms with Crippen LogP contribution in [0.5, 0.6) is 0 Å². The van der Waals surface area contributed by atoms with Crippen LogP contribution in [0.15, 0.2) is 29.3 Å². The molecular weight excluding hydrogens is 347 g/mol. The van der Waals surface area contributed by atoms with Gasteiger partial charge in [-0.3, -0.25) is 4.99 Å². The van der Waals surface area contributed by atoms with Gasteiger partial charge < -0.3 is 19.9 Å². The van der Waals surface area contributed by atoms with Gasteiger partial charge in [0.1, 0.15) is 11.4 Å². The van der Waals surface area contributed by atoms with Gasteiger partial charge in [-0.25, -0.2) is 9.18 Å². The molecule has 3 rings (SSSR count). The van der Waals surface area contributed by atoms with E-state index in [1.807, 2.05) is 26.8 Å². The topological polar surface area (TPSA) is 57.2 Å². The molecule has 148 valence electrons. The molecule has 1 fully saturated rings. The maximum atomic E-state index is 13.2. The fourth-order valence-electron chi connectivity index (χ4n) is 3.41. The number of hydrogen-bond acceptors (Lipinski definition) is 5. The monoisotopic (exact) mass is 376 g/mol. The quantitative estimate of drug-likeness (QED) is 0.821. The van der Waals surface area contributed by atoms with Crippen LogP contribution in [0.1, 0.15) is 32.8 Å². The molecule has 6 nitrogen and oxygen atoms in total. The maximum absolute atomic E-state index is 13.2. The fraction of sp³-hybridized carbons (Fsp3) is 0.600. The Kier molecular flexibility index (Phi) is 5.87. The summed E-state index contributed by atoms with van der Waals surface area (Å²) in [5, 5.41) is 3.40. The average molecular weight is 376 g/mol. The first-order valence-corrected chi connectivity index (χ1v) is 9.59. The van der Waals surface area contributed by atoms with Crippen LogP contribution in [0.3, 0.4) is 0 Å². The van der Waals surface area contributed by atoms with Gasteiger partial charge in [0.25, 0.3) is 0 Å². The molecule has 1 atom stereocenters. The second-order valence-corrected chi connectivity index (χ2v) is 8.10. The third-order valence-electron chi connectivity index (χ3n) is 4.67. The van der Waals surface area contributed by atoms with Gasteiger partial charge >= 0.3 is 6.09 Å². The molecule has 0 saturated carbocycles. The van der Waals surface area contributed by atoms with E-state index in [2.05, 4.69) is 15.2 Å². The van der Waals surface area contributed by atoms with Gasteiger partial charge in [0.2, 0.25) is 0 Å². The maximum Gasteiger partial charge on any atom is 0.410 e. The number of nitrogens with zero attached hydrogens (tertiary/aromatic N) is 3. The SMILES string of the molecule is CC(C)(C)OC(=O)N1CCN2C(NCCCc3cccc(F)c3)=NCC2C1. The number of benzene rings is 1. The van der Waals surface area contributed by atoms with Gasteiger partial charge in [-0.15, -0.1) is 0 Å². The van der Waals surface area contributed by atoms with Crippen LogP contribution in [0, 0.1) is 5.82 Å². The number of fused-ring (bicyclic) bond motifs is 1. The molecule has 1 amide bonds. The molecular formula is C20H29FN4O2. The van der Waals surface area contributed by atoms with Crippen molar-refractivity contribution in [2.75, 3.05) is 32.7 Å². The van der Waals surface area contributed by atoms with E-state index in [0.29, 0.717) is 19.6 Å². The van der Waals surface area contributed by atoms with Crippen molar-refractivity contribution < 1.29 is 13.9 Å². The molecule has 0 spiro atoms. The summed E-state index contributed by atoms with van der Waals surface area (Å²) in [7, 11) is 0. The first-order valence-electron chi connectivity index (χ1n) is 9.59. The summed E-state index contributed by atoms with van der Waals surface area (Å²) in [4.78, 5) is 20.9. The zero-order valence-electron chi connectivity index (χ0n) is 16.4. The van der Waals surface area contributed by atoms with Crippen LogP contribution in [0.4, 0.5) is 9.18 Å². The normalized spacial score (nSPS) is 19.6. The molecule has 27 heavy (non-hydrogen) atoms. The standard InChI is InChI=1S/C20H29FN4O2/c1-20(2,3)27-19(26)24-10-11-25-17(14-24)13-23-18(25)22-9-5-7-15-6-4-8-16(21)12-15/h4,6,8,12,17H,5,7,9-11,13-14H2,1-3H3,(H,22,23). The van der Waals surface area contributed by atoms with E-state index in [0.717, 1.165) is 37.5 Å². The summed E-state index contributed by atoms with van der Waals surface area (Å²) < 4.78 is 18.7. The average Bonchev–Trinajstić information content (AvgIpc) is 2.99. The Bertz CT molecular complexity index is 701. The summed E-state index contributed by atoms with van der Waals surface area (Å²) in [5.41, 5.74) is 0.531. The molecule has 0 radical (unpaired) electrons. The predicted octanol–water partition coefficient (Wildman–Crippen LogP) is 2.64. The Balaban J connectivity index is 1.42. The lowest BCUT2D eigenvalue weighted by molar-refractivity contribution is 0.0137. The third-order valence-corrected chi connectivity index (χ3v) is 4.67. The van der Waals surface area contributed by atoms with Crippen molar-refractivity contribution in [2.24, 2.45) is 4.99 Å². The van der Waals surface area contributed by atoms with Crippen molar-refractivity contribution in [3.63, 3.8) is 0 Å². The van der Waals surface area contributed by atoms with E-state index < -0.39 is 5.60 Å². The van der Waals surface area contributed by atoms with Gasteiger partial charge in [-0.2, -0.15) is 0 Å². The van der Waals surface area contributed by atoms with Gasteiger partial charge in [0, 0.05) is 26.2 Å². The van der Waals surface area contributed by atoms with E-state index in [9.17, 15) is 9.18 Å². The number of rotatable bonds is 4. The van der Waals surface area contributed by atoms with Crippen molar-refractivity contribution in [3.05, 3.63) is 35.6 Å². The van der Waals surface area contributed by atoms with E-state index in [4.69, 9.17) is 4.74 Å². The summed E-state index contributed by atoms with van der Waals surface area (Å²) in [6, 6.07) is 6.94. The number of carbonyl (C=O) groups excluding carboxylic acids is 1. The molecule has 1 aromatic rings. The van der Waals surface area contributed by atoms with E-state index in [1.54, 1.807) is 17.0 Å². The highest BCUT2D eigenvalue weighted by Crippen LogP contribution is 2.18. The lowest BCUT2D eigenvalue weighted by Gasteiger charge is -2.39. The van der Waals surface area contributed by atoms with Gasteiger partial charge in [-0.1, -0.05) is 12.1 Å². The number of aryl methyl sites for hydroxylation is 1. The molecule has 1 saturated heterocycles. The lowest BCUT2D eigenvalue weighted by Crippen LogP contribution is -2.57. The van der Waals surface area contributed by atoms with E-state index in [-0.39, 0.29) is 18.0 Å². The highest BCUT2D eigenvalue weighted by molar-refractivity contribution is 5.82. The third kappa shape index (κ3) is 5.34. The number of ether oxygens (including phenoxy) is 1. The molecule has 2 aliphatic rings. The highest BCUT2D eigenvalue weighted by Gasteiger charge is 2.36. The number of carbonyl (C=O) groups is 1. The number of nitrogens with one attached hydrogen (secondary N) is 1. The van der Waals surface area contributed by atoms with Crippen LogP contribution in [-0.4, -0.2) is 66.2 Å². The highest BCUT2D eigenvalue weighted by atomic mass is 19.1. The van der Waals surface area contributed by atoms with Crippen LogP contribution < -0.4 is 5.32 Å². The van der Waals surface area contributed by atoms with Crippen molar-refractivity contribution in [1.82, 2.24) is 15.1 Å². The molecule has 1 N–H and O–H groups in total. The van der Waals surface area contributed by atoms with Crippen molar-refractivity contribution >= 4 is 12.1 Å². The summed E-state index contributed by atoms with van der Waals surface area (Å²) >= 11 is 0. The summed E-state index contributed by atoms with van der Waals surface area (Å²) in [5.74, 6) is 0.717. The molecule has 2 heterocycles. The van der Waals surface area contributed by atoms with Gasteiger partial charge in [0.15, 0.2) is 5.96 Å². The molecule has 7 heteroatoms. The van der Waals surface area contributed by atoms with Crippen LogP contribution in [0.2, 0.25) is 0 Å². The first-order chi connectivity index (χ1) is 12.8. The molecule has 1 aromatic carbocycles.